The molecule has 0 radical (unpaired) electrons. The number of aromatic amines is 1. The molecular formula is C12H10N6O3. The predicted molar refractivity (Wildman–Crippen MR) is 71.2 cm³/mol. The Morgan fingerprint density at radius 1 is 1.33 bits per heavy atom. The van der Waals surface area contributed by atoms with Crippen LogP contribution in [0.25, 0.3) is 11.4 Å². The molecule has 0 aliphatic carbocycles. The van der Waals surface area contributed by atoms with E-state index in [0.717, 1.165) is 5.56 Å². The quantitative estimate of drug-likeness (QED) is 0.802. The summed E-state index contributed by atoms with van der Waals surface area (Å²) in [6.07, 6.45) is -0.0702. The first-order valence-electron chi connectivity index (χ1n) is 6.01. The van der Waals surface area contributed by atoms with Crippen molar-refractivity contribution in [2.45, 2.75) is 6.42 Å². The fraction of sp³-hybridized carbons (Fsp3) is 0.167. The standard InChI is InChI=1S/C12H10N6O3/c1-21-12(20)9-6-10(19)18(15-9)8-4-2-7(3-5-8)11-13-16-17-14-11/h2-5H,6H2,1H3,(H,13,14,16,17). The minimum Gasteiger partial charge on any atom is -0.464 e. The van der Waals surface area contributed by atoms with E-state index in [4.69, 9.17) is 0 Å². The highest BCUT2D eigenvalue weighted by Crippen LogP contribution is 2.23. The second kappa shape index (κ2) is 5.12. The number of carbonyl (C=O) groups excluding carboxylic acids is 2. The molecule has 0 atom stereocenters. The molecule has 9 nitrogen and oxygen atoms in total. The number of H-pyrrole nitrogens is 1. The van der Waals surface area contributed by atoms with Crippen LogP contribution in [0.5, 0.6) is 0 Å². The topological polar surface area (TPSA) is 113 Å². The Labute approximate surface area is 118 Å². The Kier molecular flexibility index (Phi) is 3.14. The summed E-state index contributed by atoms with van der Waals surface area (Å²) >= 11 is 0. The van der Waals surface area contributed by atoms with Gasteiger partial charge in [-0.3, -0.25) is 4.79 Å². The summed E-state index contributed by atoms with van der Waals surface area (Å²) in [6.45, 7) is 0. The van der Waals surface area contributed by atoms with Crippen molar-refractivity contribution < 1.29 is 14.3 Å². The van der Waals surface area contributed by atoms with E-state index in [1.165, 1.54) is 12.1 Å². The highest BCUT2D eigenvalue weighted by atomic mass is 16.5. The van der Waals surface area contributed by atoms with Crippen molar-refractivity contribution in [3.8, 4) is 11.4 Å². The highest BCUT2D eigenvalue weighted by molar-refractivity contribution is 6.42. The van der Waals surface area contributed by atoms with E-state index < -0.39 is 5.97 Å². The maximum absolute atomic E-state index is 11.9. The number of benzene rings is 1. The number of nitrogens with one attached hydrogen (secondary N) is 1. The van der Waals surface area contributed by atoms with Crippen molar-refractivity contribution in [1.82, 2.24) is 20.6 Å². The van der Waals surface area contributed by atoms with Gasteiger partial charge in [0.15, 0.2) is 5.71 Å². The molecule has 21 heavy (non-hydrogen) atoms. The number of tetrazole rings is 1. The van der Waals surface area contributed by atoms with Gasteiger partial charge in [0.1, 0.15) is 0 Å². The molecule has 1 aliphatic heterocycles. The van der Waals surface area contributed by atoms with Gasteiger partial charge in [0.05, 0.1) is 19.2 Å². The van der Waals surface area contributed by atoms with Crippen LogP contribution in [-0.4, -0.2) is 45.3 Å². The van der Waals surface area contributed by atoms with E-state index in [2.05, 4.69) is 30.5 Å². The molecule has 0 bridgehead atoms. The van der Waals surface area contributed by atoms with E-state index in [1.807, 2.05) is 0 Å². The largest absolute Gasteiger partial charge is 0.464 e. The summed E-state index contributed by atoms with van der Waals surface area (Å²) in [7, 11) is 1.25. The Bertz CT molecular complexity index is 707. The summed E-state index contributed by atoms with van der Waals surface area (Å²) in [5.74, 6) is -0.440. The minimum absolute atomic E-state index is 0.0702. The first-order valence-corrected chi connectivity index (χ1v) is 6.01. The molecule has 9 heteroatoms. The van der Waals surface area contributed by atoms with Gasteiger partial charge in [0, 0.05) is 5.56 Å². The number of aromatic nitrogens is 4. The van der Waals surface area contributed by atoms with Crippen molar-refractivity contribution >= 4 is 23.3 Å². The fourth-order valence-corrected chi connectivity index (χ4v) is 1.90. The molecule has 0 saturated carbocycles. The second-order valence-electron chi connectivity index (χ2n) is 4.20. The average Bonchev–Trinajstić information content (AvgIpc) is 3.16. The van der Waals surface area contributed by atoms with Crippen molar-refractivity contribution in [2.75, 3.05) is 12.1 Å². The molecule has 1 amide bonds. The Hall–Kier alpha value is -3.10. The van der Waals surface area contributed by atoms with Crippen LogP contribution in [0.1, 0.15) is 6.42 Å². The van der Waals surface area contributed by atoms with Crippen LogP contribution < -0.4 is 5.01 Å². The number of hydrogen-bond donors (Lipinski definition) is 1. The lowest BCUT2D eigenvalue weighted by Crippen LogP contribution is -2.19. The number of carbonyl (C=O) groups is 2. The van der Waals surface area contributed by atoms with Crippen LogP contribution in [0.4, 0.5) is 5.69 Å². The number of rotatable bonds is 3. The van der Waals surface area contributed by atoms with E-state index >= 15 is 0 Å². The first-order chi connectivity index (χ1) is 10.2. The minimum atomic E-state index is -0.603. The molecule has 1 N–H and O–H groups in total. The van der Waals surface area contributed by atoms with Crippen molar-refractivity contribution in [3.05, 3.63) is 24.3 Å². The molecular weight excluding hydrogens is 276 g/mol. The number of esters is 1. The van der Waals surface area contributed by atoms with Gasteiger partial charge >= 0.3 is 5.97 Å². The molecule has 0 unspecified atom stereocenters. The molecule has 1 aromatic carbocycles. The molecule has 2 heterocycles. The van der Waals surface area contributed by atoms with Crippen molar-refractivity contribution in [3.63, 3.8) is 0 Å². The Balaban J connectivity index is 1.86. The van der Waals surface area contributed by atoms with Gasteiger partial charge < -0.3 is 4.74 Å². The maximum Gasteiger partial charge on any atom is 0.354 e. The SMILES string of the molecule is COC(=O)C1=NN(c2ccc(-c3nn[nH]n3)cc2)C(=O)C1. The third kappa shape index (κ3) is 2.36. The van der Waals surface area contributed by atoms with Gasteiger partial charge in [-0.2, -0.15) is 15.3 Å². The van der Waals surface area contributed by atoms with Crippen LogP contribution in [0.3, 0.4) is 0 Å². The summed E-state index contributed by atoms with van der Waals surface area (Å²) in [5.41, 5.74) is 1.38. The van der Waals surface area contributed by atoms with E-state index in [0.29, 0.717) is 11.5 Å². The molecule has 0 fully saturated rings. The third-order valence-corrected chi connectivity index (χ3v) is 2.91. The van der Waals surface area contributed by atoms with Gasteiger partial charge in [-0.05, 0) is 29.5 Å². The number of hydrazone groups is 1. The van der Waals surface area contributed by atoms with Crippen LogP contribution in [-0.2, 0) is 14.3 Å². The number of anilines is 1. The zero-order chi connectivity index (χ0) is 14.8. The Morgan fingerprint density at radius 3 is 2.71 bits per heavy atom. The summed E-state index contributed by atoms with van der Waals surface area (Å²) in [4.78, 5) is 23.3. The zero-order valence-electron chi connectivity index (χ0n) is 11.0. The van der Waals surface area contributed by atoms with E-state index in [1.54, 1.807) is 24.3 Å². The van der Waals surface area contributed by atoms with Gasteiger partial charge in [-0.25, -0.2) is 4.79 Å². The highest BCUT2D eigenvalue weighted by Gasteiger charge is 2.29. The van der Waals surface area contributed by atoms with Crippen LogP contribution in [0.15, 0.2) is 29.4 Å². The number of nitrogens with zero attached hydrogens (tertiary/aromatic N) is 5. The van der Waals surface area contributed by atoms with Gasteiger partial charge in [-0.15, -0.1) is 10.2 Å². The molecule has 0 spiro atoms. The van der Waals surface area contributed by atoms with E-state index in [-0.39, 0.29) is 18.0 Å². The summed E-state index contributed by atoms with van der Waals surface area (Å²) in [6, 6.07) is 6.85. The lowest BCUT2D eigenvalue weighted by atomic mass is 10.2. The first kappa shape index (κ1) is 12.9. The van der Waals surface area contributed by atoms with E-state index in [9.17, 15) is 9.59 Å². The summed E-state index contributed by atoms with van der Waals surface area (Å²) in [5, 5.41) is 18.7. The molecule has 2 aromatic rings. The number of hydrogen-bond acceptors (Lipinski definition) is 7. The third-order valence-electron chi connectivity index (χ3n) is 2.91. The lowest BCUT2D eigenvalue weighted by molar-refractivity contribution is -0.133. The lowest BCUT2D eigenvalue weighted by Gasteiger charge is -2.11. The molecule has 1 aliphatic rings. The molecule has 0 saturated heterocycles. The van der Waals surface area contributed by atoms with Crippen molar-refractivity contribution in [1.29, 1.82) is 0 Å². The smallest absolute Gasteiger partial charge is 0.354 e. The number of ether oxygens (including phenoxy) is 1. The number of amides is 1. The van der Waals surface area contributed by atoms with Crippen molar-refractivity contribution in [2.24, 2.45) is 5.10 Å². The Morgan fingerprint density at radius 2 is 2.10 bits per heavy atom. The van der Waals surface area contributed by atoms with Gasteiger partial charge in [0.2, 0.25) is 5.82 Å². The fourth-order valence-electron chi connectivity index (χ4n) is 1.90. The zero-order valence-corrected chi connectivity index (χ0v) is 11.0. The maximum atomic E-state index is 11.9. The molecule has 3 rings (SSSR count). The molecule has 106 valence electrons. The summed E-state index contributed by atoms with van der Waals surface area (Å²) < 4.78 is 4.56. The van der Waals surface area contributed by atoms with Crippen LogP contribution >= 0.6 is 0 Å². The normalized spacial score (nSPS) is 14.2. The monoisotopic (exact) mass is 286 g/mol. The van der Waals surface area contributed by atoms with Crippen LogP contribution in [0, 0.1) is 0 Å². The second-order valence-corrected chi connectivity index (χ2v) is 4.20. The van der Waals surface area contributed by atoms with Crippen LogP contribution in [0.2, 0.25) is 0 Å². The number of methoxy groups -OCH3 is 1. The molecule has 1 aromatic heterocycles. The average molecular weight is 286 g/mol. The van der Waals surface area contributed by atoms with Gasteiger partial charge in [0.25, 0.3) is 5.91 Å². The van der Waals surface area contributed by atoms with Gasteiger partial charge in [-0.1, -0.05) is 0 Å². The predicted octanol–water partition coefficient (Wildman–Crippen LogP) is 0.132.